The van der Waals surface area contributed by atoms with E-state index >= 15 is 0 Å². The average molecular weight is 254 g/mol. The molecule has 0 fully saturated rings. The van der Waals surface area contributed by atoms with Crippen LogP contribution in [-0.2, 0) is 16.1 Å². The number of carbonyl (C=O) groups excluding carboxylic acids is 1. The van der Waals surface area contributed by atoms with Crippen LogP contribution in [0, 0.1) is 6.92 Å². The Morgan fingerprint density at radius 2 is 2.06 bits per heavy atom. The van der Waals surface area contributed by atoms with Crippen LogP contribution < -0.4 is 5.32 Å². The van der Waals surface area contributed by atoms with E-state index in [1.807, 2.05) is 12.3 Å². The number of aromatic nitrogens is 1. The number of carboxylic acid groups (broad SMARTS) is 1. The van der Waals surface area contributed by atoms with Gasteiger partial charge in [0.15, 0.2) is 0 Å². The van der Waals surface area contributed by atoms with Gasteiger partial charge in [-0.15, -0.1) is 11.3 Å². The van der Waals surface area contributed by atoms with Gasteiger partial charge >= 0.3 is 5.97 Å². The number of hydrogen-bond acceptors (Lipinski definition) is 4. The van der Waals surface area contributed by atoms with Crippen molar-refractivity contribution in [2.24, 2.45) is 0 Å². The number of thiazole rings is 1. The fourth-order valence-corrected chi connectivity index (χ4v) is 1.74. The lowest BCUT2D eigenvalue weighted by molar-refractivity contribution is -0.133. The van der Waals surface area contributed by atoms with Crippen LogP contribution in [0.2, 0.25) is 0 Å². The first-order valence-electron chi connectivity index (χ1n) is 5.01. The lowest BCUT2D eigenvalue weighted by Gasteiger charge is -2.05. The van der Waals surface area contributed by atoms with Crippen molar-refractivity contribution in [1.29, 1.82) is 0 Å². The number of aliphatic carboxylic acids is 1. The van der Waals surface area contributed by atoms with E-state index < -0.39 is 5.97 Å². The molecule has 1 aromatic rings. The average Bonchev–Trinajstić information content (AvgIpc) is 2.69. The van der Waals surface area contributed by atoms with Gasteiger partial charge in [-0.05, 0) is 20.8 Å². The standard InChI is InChI=1S/C11H14N2O3S/c1-6(7(2)11(15)16)10(14)12-4-9-5-17-8(3)13-9/h5H,4H2,1-3H3,(H,12,14)(H,15,16). The molecule has 1 aromatic heterocycles. The molecule has 0 spiro atoms. The van der Waals surface area contributed by atoms with Gasteiger partial charge in [-0.3, -0.25) is 4.79 Å². The minimum absolute atomic E-state index is 0.0527. The molecule has 0 aliphatic heterocycles. The first-order chi connectivity index (χ1) is 7.91. The molecule has 0 saturated heterocycles. The molecule has 1 amide bonds. The summed E-state index contributed by atoms with van der Waals surface area (Å²) < 4.78 is 0. The third-order valence-corrected chi connectivity index (χ3v) is 3.14. The molecule has 0 unspecified atom stereocenters. The SMILES string of the molecule is CC(C(=O)O)=C(C)C(=O)NCc1csc(C)n1. The van der Waals surface area contributed by atoms with Crippen molar-refractivity contribution in [3.8, 4) is 0 Å². The van der Waals surface area contributed by atoms with Gasteiger partial charge in [-0.25, -0.2) is 9.78 Å². The maximum absolute atomic E-state index is 11.6. The fraction of sp³-hybridized carbons (Fsp3) is 0.364. The molecule has 2 N–H and O–H groups in total. The normalized spacial score (nSPS) is 11.9. The van der Waals surface area contributed by atoms with Crippen molar-refractivity contribution in [3.63, 3.8) is 0 Å². The Morgan fingerprint density at radius 1 is 1.41 bits per heavy atom. The van der Waals surface area contributed by atoms with Gasteiger partial charge < -0.3 is 10.4 Å². The van der Waals surface area contributed by atoms with Gasteiger partial charge in [-0.1, -0.05) is 0 Å². The highest BCUT2D eigenvalue weighted by molar-refractivity contribution is 7.09. The Kier molecular flexibility index (Phi) is 4.39. The van der Waals surface area contributed by atoms with E-state index in [-0.39, 0.29) is 17.1 Å². The summed E-state index contributed by atoms with van der Waals surface area (Å²) in [6, 6.07) is 0. The second kappa shape index (κ2) is 5.58. The van der Waals surface area contributed by atoms with Crippen molar-refractivity contribution in [1.82, 2.24) is 10.3 Å². The van der Waals surface area contributed by atoms with Crippen molar-refractivity contribution < 1.29 is 14.7 Å². The Hall–Kier alpha value is -1.69. The molecule has 0 aromatic carbocycles. The minimum Gasteiger partial charge on any atom is -0.478 e. The van der Waals surface area contributed by atoms with Crippen LogP contribution >= 0.6 is 11.3 Å². The van der Waals surface area contributed by atoms with Crippen LogP contribution in [0.4, 0.5) is 0 Å². The molecular weight excluding hydrogens is 240 g/mol. The quantitative estimate of drug-likeness (QED) is 0.798. The molecule has 0 atom stereocenters. The Labute approximate surface area is 103 Å². The highest BCUT2D eigenvalue weighted by Gasteiger charge is 2.12. The minimum atomic E-state index is -1.08. The second-order valence-corrected chi connectivity index (χ2v) is 4.66. The molecule has 6 heteroatoms. The highest BCUT2D eigenvalue weighted by atomic mass is 32.1. The summed E-state index contributed by atoms with van der Waals surface area (Å²) in [5, 5.41) is 14.2. The Balaban J connectivity index is 2.62. The van der Waals surface area contributed by atoms with Gasteiger partial charge in [0.2, 0.25) is 5.91 Å². The van der Waals surface area contributed by atoms with Crippen molar-refractivity contribution in [2.75, 3.05) is 0 Å². The van der Waals surface area contributed by atoms with Crippen molar-refractivity contribution >= 4 is 23.2 Å². The first-order valence-corrected chi connectivity index (χ1v) is 5.89. The molecule has 0 aliphatic carbocycles. The monoisotopic (exact) mass is 254 g/mol. The molecule has 17 heavy (non-hydrogen) atoms. The van der Waals surface area contributed by atoms with Crippen molar-refractivity contribution in [2.45, 2.75) is 27.3 Å². The van der Waals surface area contributed by atoms with E-state index in [0.29, 0.717) is 6.54 Å². The van der Waals surface area contributed by atoms with Crippen LogP contribution in [0.5, 0.6) is 0 Å². The van der Waals surface area contributed by atoms with Gasteiger partial charge in [0.1, 0.15) is 0 Å². The summed E-state index contributed by atoms with van der Waals surface area (Å²) in [6.45, 7) is 5.10. The highest BCUT2D eigenvalue weighted by Crippen LogP contribution is 2.08. The summed E-state index contributed by atoms with van der Waals surface area (Å²) in [6.07, 6.45) is 0. The zero-order valence-electron chi connectivity index (χ0n) is 9.90. The largest absolute Gasteiger partial charge is 0.478 e. The van der Waals surface area contributed by atoms with E-state index in [0.717, 1.165) is 10.7 Å². The van der Waals surface area contributed by atoms with Gasteiger partial charge in [0, 0.05) is 16.5 Å². The van der Waals surface area contributed by atoms with Gasteiger partial charge in [0.05, 0.1) is 17.2 Å². The Morgan fingerprint density at radius 3 is 2.53 bits per heavy atom. The predicted molar refractivity (Wildman–Crippen MR) is 64.7 cm³/mol. The van der Waals surface area contributed by atoms with Crippen LogP contribution in [-0.4, -0.2) is 22.0 Å². The molecule has 0 aliphatic rings. The summed E-state index contributed by atoms with van der Waals surface area (Å²) in [5.41, 5.74) is 1.04. The number of nitrogens with one attached hydrogen (secondary N) is 1. The summed E-state index contributed by atoms with van der Waals surface area (Å²) >= 11 is 1.51. The van der Waals surface area contributed by atoms with Gasteiger partial charge in [0.25, 0.3) is 0 Å². The molecule has 1 heterocycles. The maximum Gasteiger partial charge on any atom is 0.331 e. The summed E-state index contributed by atoms with van der Waals surface area (Å²) in [7, 11) is 0. The number of carbonyl (C=O) groups is 2. The van der Waals surface area contributed by atoms with E-state index in [2.05, 4.69) is 10.3 Å². The molecule has 92 valence electrons. The topological polar surface area (TPSA) is 79.3 Å². The van der Waals surface area contributed by atoms with E-state index in [9.17, 15) is 9.59 Å². The van der Waals surface area contributed by atoms with Crippen LogP contribution in [0.3, 0.4) is 0 Å². The molecule has 0 bridgehead atoms. The number of nitrogens with zero attached hydrogens (tertiary/aromatic N) is 1. The van der Waals surface area contributed by atoms with E-state index in [1.54, 1.807) is 0 Å². The number of amides is 1. The second-order valence-electron chi connectivity index (χ2n) is 3.60. The first kappa shape index (κ1) is 13.4. The van der Waals surface area contributed by atoms with E-state index in [4.69, 9.17) is 5.11 Å². The third-order valence-electron chi connectivity index (χ3n) is 2.32. The van der Waals surface area contributed by atoms with Crippen LogP contribution in [0.25, 0.3) is 0 Å². The van der Waals surface area contributed by atoms with Gasteiger partial charge in [-0.2, -0.15) is 0 Å². The molecular formula is C11H14N2O3S. The number of rotatable bonds is 4. The molecule has 1 rings (SSSR count). The lowest BCUT2D eigenvalue weighted by Crippen LogP contribution is -2.25. The third kappa shape index (κ3) is 3.67. The smallest absolute Gasteiger partial charge is 0.331 e. The maximum atomic E-state index is 11.6. The van der Waals surface area contributed by atoms with Crippen LogP contribution in [0.1, 0.15) is 24.5 Å². The summed E-state index contributed by atoms with van der Waals surface area (Å²) in [4.78, 5) is 26.5. The fourth-order valence-electron chi connectivity index (χ4n) is 1.12. The summed E-state index contributed by atoms with van der Waals surface area (Å²) in [5.74, 6) is -1.46. The predicted octanol–water partition coefficient (Wildman–Crippen LogP) is 1.49. The zero-order chi connectivity index (χ0) is 13.0. The van der Waals surface area contributed by atoms with Crippen LogP contribution in [0.15, 0.2) is 16.5 Å². The number of carboxylic acids is 1. The molecule has 5 nitrogen and oxygen atoms in total. The van der Waals surface area contributed by atoms with E-state index in [1.165, 1.54) is 25.2 Å². The lowest BCUT2D eigenvalue weighted by atomic mass is 10.1. The number of aryl methyl sites for hydroxylation is 1. The van der Waals surface area contributed by atoms with Crippen molar-refractivity contribution in [3.05, 3.63) is 27.2 Å². The zero-order valence-corrected chi connectivity index (χ0v) is 10.7. The number of hydrogen-bond donors (Lipinski definition) is 2. The molecule has 0 saturated carbocycles. The molecule has 0 radical (unpaired) electrons. The Bertz CT molecular complexity index is 477.